The molecule has 1 N–H and O–H groups in total. The molecule has 0 aromatic heterocycles. The van der Waals surface area contributed by atoms with Gasteiger partial charge in [0.15, 0.2) is 5.82 Å². The fourth-order valence-electron chi connectivity index (χ4n) is 1.56. The van der Waals surface area contributed by atoms with Gasteiger partial charge in [0.25, 0.3) is 5.91 Å². The summed E-state index contributed by atoms with van der Waals surface area (Å²) in [5.41, 5.74) is -0.369. The smallest absolute Gasteiger partial charge is 0.254 e. The maximum atomic E-state index is 13.7. The molecule has 1 rings (SSSR count). The molecular formula is C13H16BrClFNO. The molecule has 5 heteroatoms. The van der Waals surface area contributed by atoms with Gasteiger partial charge in [0.05, 0.1) is 10.6 Å². The number of halogens is 3. The summed E-state index contributed by atoms with van der Waals surface area (Å²) in [5, 5.41) is 3.59. The van der Waals surface area contributed by atoms with Crippen LogP contribution >= 0.6 is 27.5 Å². The van der Waals surface area contributed by atoms with Gasteiger partial charge in [0.1, 0.15) is 0 Å². The number of hydrogen-bond acceptors (Lipinski definition) is 1. The maximum Gasteiger partial charge on any atom is 0.254 e. The van der Waals surface area contributed by atoms with Gasteiger partial charge in [0, 0.05) is 10.9 Å². The molecule has 0 bridgehead atoms. The lowest BCUT2D eigenvalue weighted by Gasteiger charge is -2.29. The lowest BCUT2D eigenvalue weighted by atomic mass is 9.95. The fourth-order valence-corrected chi connectivity index (χ4v) is 2.61. The summed E-state index contributed by atoms with van der Waals surface area (Å²) < 4.78 is 13.7. The van der Waals surface area contributed by atoms with Crippen molar-refractivity contribution in [2.24, 2.45) is 0 Å². The van der Waals surface area contributed by atoms with Crippen LogP contribution in [0.4, 0.5) is 4.39 Å². The zero-order chi connectivity index (χ0) is 13.8. The summed E-state index contributed by atoms with van der Waals surface area (Å²) in [6.07, 6.45) is 1.55. The summed E-state index contributed by atoms with van der Waals surface area (Å²) in [6, 6.07) is 4.42. The highest BCUT2D eigenvalue weighted by atomic mass is 79.9. The number of nitrogens with one attached hydrogen (secondary N) is 1. The van der Waals surface area contributed by atoms with E-state index in [1.165, 1.54) is 12.1 Å². The third-order valence-electron chi connectivity index (χ3n) is 3.04. The summed E-state index contributed by atoms with van der Waals surface area (Å²) in [5.74, 6) is -1.10. The maximum absolute atomic E-state index is 13.7. The van der Waals surface area contributed by atoms with Crippen LogP contribution in [0, 0.1) is 5.82 Å². The van der Waals surface area contributed by atoms with E-state index in [0.29, 0.717) is 0 Å². The van der Waals surface area contributed by atoms with Gasteiger partial charge in [-0.15, -0.1) is 0 Å². The lowest BCUT2D eigenvalue weighted by Crippen LogP contribution is -2.46. The van der Waals surface area contributed by atoms with Gasteiger partial charge in [-0.1, -0.05) is 40.5 Å². The number of hydrogen-bond donors (Lipinski definition) is 1. The van der Waals surface area contributed by atoms with Crippen molar-refractivity contribution < 1.29 is 9.18 Å². The molecule has 0 fully saturated rings. The number of carbonyl (C=O) groups excluding carboxylic acids is 1. The number of rotatable bonds is 5. The minimum atomic E-state index is -0.672. The molecular weight excluding hydrogens is 321 g/mol. The molecule has 0 saturated heterocycles. The van der Waals surface area contributed by atoms with E-state index in [9.17, 15) is 9.18 Å². The van der Waals surface area contributed by atoms with Crippen LogP contribution in [0.5, 0.6) is 0 Å². The second-order valence-electron chi connectivity index (χ2n) is 4.41. The van der Waals surface area contributed by atoms with Crippen molar-refractivity contribution >= 4 is 33.4 Å². The molecule has 1 atom stereocenters. The number of alkyl halides is 1. The van der Waals surface area contributed by atoms with Crippen molar-refractivity contribution in [2.75, 3.05) is 5.33 Å². The van der Waals surface area contributed by atoms with E-state index >= 15 is 0 Å². The van der Waals surface area contributed by atoms with Gasteiger partial charge in [-0.25, -0.2) is 4.39 Å². The van der Waals surface area contributed by atoms with E-state index in [1.54, 1.807) is 6.07 Å². The number of carbonyl (C=O) groups is 1. The normalized spacial score (nSPS) is 14.1. The molecule has 0 saturated carbocycles. The standard InChI is InChI=1S/C13H16BrClFNO/c1-3-13(2,7-8-14)17-12(18)9-5-4-6-10(15)11(9)16/h4-6H,3,7-8H2,1-2H3,(H,17,18). The van der Waals surface area contributed by atoms with Crippen molar-refractivity contribution in [1.29, 1.82) is 0 Å². The van der Waals surface area contributed by atoms with Gasteiger partial charge in [0.2, 0.25) is 0 Å². The van der Waals surface area contributed by atoms with E-state index in [2.05, 4.69) is 21.2 Å². The number of amides is 1. The second-order valence-corrected chi connectivity index (χ2v) is 5.61. The van der Waals surface area contributed by atoms with E-state index in [0.717, 1.165) is 18.2 Å². The van der Waals surface area contributed by atoms with Crippen LogP contribution in [0.25, 0.3) is 0 Å². The second kappa shape index (κ2) is 6.53. The van der Waals surface area contributed by atoms with Crippen molar-refractivity contribution in [3.05, 3.63) is 34.6 Å². The topological polar surface area (TPSA) is 29.1 Å². The highest BCUT2D eigenvalue weighted by molar-refractivity contribution is 9.09. The predicted octanol–water partition coefficient (Wildman–Crippen LogP) is 4.16. The monoisotopic (exact) mass is 335 g/mol. The first-order valence-electron chi connectivity index (χ1n) is 5.76. The van der Waals surface area contributed by atoms with E-state index < -0.39 is 11.7 Å². The van der Waals surface area contributed by atoms with Crippen LogP contribution < -0.4 is 5.32 Å². The molecule has 18 heavy (non-hydrogen) atoms. The highest BCUT2D eigenvalue weighted by Crippen LogP contribution is 2.20. The van der Waals surface area contributed by atoms with Crippen LogP contribution in [0.1, 0.15) is 37.0 Å². The third-order valence-corrected chi connectivity index (χ3v) is 3.73. The average molecular weight is 337 g/mol. The third kappa shape index (κ3) is 3.69. The first-order valence-corrected chi connectivity index (χ1v) is 7.26. The van der Waals surface area contributed by atoms with Crippen molar-refractivity contribution in [1.82, 2.24) is 5.32 Å². The minimum absolute atomic E-state index is 0.0169. The predicted molar refractivity (Wildman–Crippen MR) is 76.0 cm³/mol. The van der Waals surface area contributed by atoms with Gasteiger partial charge < -0.3 is 5.32 Å². The molecule has 1 aromatic carbocycles. The number of benzene rings is 1. The Labute approximate surface area is 120 Å². The van der Waals surface area contributed by atoms with Crippen LogP contribution in [-0.2, 0) is 0 Å². The molecule has 1 aromatic rings. The molecule has 0 radical (unpaired) electrons. The zero-order valence-corrected chi connectivity index (χ0v) is 12.7. The molecule has 1 amide bonds. The van der Waals surface area contributed by atoms with Crippen LogP contribution in [0.3, 0.4) is 0 Å². The molecule has 0 aliphatic heterocycles. The van der Waals surface area contributed by atoms with E-state index in [-0.39, 0.29) is 16.1 Å². The van der Waals surface area contributed by atoms with Crippen molar-refractivity contribution in [2.45, 2.75) is 32.2 Å². The quantitative estimate of drug-likeness (QED) is 0.804. The molecule has 100 valence electrons. The van der Waals surface area contributed by atoms with Gasteiger partial charge in [-0.2, -0.15) is 0 Å². The Balaban J connectivity index is 2.91. The Morgan fingerprint density at radius 1 is 1.56 bits per heavy atom. The van der Waals surface area contributed by atoms with E-state index in [1.807, 2.05) is 13.8 Å². The molecule has 1 unspecified atom stereocenters. The molecule has 0 heterocycles. The zero-order valence-electron chi connectivity index (χ0n) is 10.4. The first kappa shape index (κ1) is 15.4. The van der Waals surface area contributed by atoms with E-state index in [4.69, 9.17) is 11.6 Å². The van der Waals surface area contributed by atoms with Gasteiger partial charge in [-0.05, 0) is 31.9 Å². The highest BCUT2D eigenvalue weighted by Gasteiger charge is 2.25. The summed E-state index contributed by atoms with van der Waals surface area (Å²) in [6.45, 7) is 3.92. The Morgan fingerprint density at radius 2 is 2.22 bits per heavy atom. The summed E-state index contributed by atoms with van der Waals surface area (Å²) in [7, 11) is 0. The first-order chi connectivity index (χ1) is 8.43. The average Bonchev–Trinajstić information content (AvgIpc) is 2.32. The van der Waals surface area contributed by atoms with Crippen LogP contribution in [-0.4, -0.2) is 16.8 Å². The fraction of sp³-hybridized carbons (Fsp3) is 0.462. The Bertz CT molecular complexity index is 441. The molecule has 0 spiro atoms. The Morgan fingerprint density at radius 3 is 2.78 bits per heavy atom. The van der Waals surface area contributed by atoms with Crippen molar-refractivity contribution in [3.8, 4) is 0 Å². The SMILES string of the molecule is CCC(C)(CCBr)NC(=O)c1cccc(Cl)c1F. The summed E-state index contributed by atoms with van der Waals surface area (Å²) >= 11 is 9.01. The summed E-state index contributed by atoms with van der Waals surface area (Å²) in [4.78, 5) is 12.0. The Kier molecular flexibility index (Phi) is 5.60. The van der Waals surface area contributed by atoms with Gasteiger partial charge in [-0.3, -0.25) is 4.79 Å². The van der Waals surface area contributed by atoms with Crippen LogP contribution in [0.15, 0.2) is 18.2 Å². The molecule has 0 aliphatic rings. The minimum Gasteiger partial charge on any atom is -0.347 e. The lowest BCUT2D eigenvalue weighted by molar-refractivity contribution is 0.0897. The molecule has 2 nitrogen and oxygen atoms in total. The molecule has 0 aliphatic carbocycles. The van der Waals surface area contributed by atoms with Crippen LogP contribution in [0.2, 0.25) is 5.02 Å². The largest absolute Gasteiger partial charge is 0.347 e. The van der Waals surface area contributed by atoms with Gasteiger partial charge >= 0.3 is 0 Å². The Hall–Kier alpha value is -0.610. The van der Waals surface area contributed by atoms with Crippen molar-refractivity contribution in [3.63, 3.8) is 0 Å².